The maximum Gasteiger partial charge on any atom is 0.147 e. The van der Waals surface area contributed by atoms with Gasteiger partial charge in [0, 0.05) is 6.20 Å². The van der Waals surface area contributed by atoms with E-state index in [1.165, 1.54) is 11.3 Å². The number of nitrogens with zero attached hydrogens (tertiary/aromatic N) is 1. The van der Waals surface area contributed by atoms with Crippen molar-refractivity contribution in [2.75, 3.05) is 0 Å². The van der Waals surface area contributed by atoms with Crippen LogP contribution in [-0.2, 0) is 0 Å². The van der Waals surface area contributed by atoms with Gasteiger partial charge in [0.15, 0.2) is 0 Å². The topological polar surface area (TPSA) is 12.9 Å². The monoisotopic (exact) mass is 261 g/mol. The van der Waals surface area contributed by atoms with Crippen LogP contribution in [0, 0.1) is 0 Å². The third kappa shape index (κ3) is 2.06. The number of rotatable bonds is 1. The summed E-state index contributed by atoms with van der Waals surface area (Å²) in [7, 11) is 0. The van der Waals surface area contributed by atoms with E-state index in [9.17, 15) is 0 Å². The minimum Gasteiger partial charge on any atom is -0.238 e. The number of benzene rings is 1. The maximum atomic E-state index is 5.90. The molecule has 0 unspecified atom stereocenters. The first-order valence-electron chi connectivity index (χ1n) is 3.77. The Morgan fingerprint density at radius 3 is 2.57 bits per heavy atom. The molecule has 1 aromatic carbocycles. The van der Waals surface area contributed by atoms with Crippen molar-refractivity contribution >= 4 is 47.2 Å². The van der Waals surface area contributed by atoms with E-state index in [0.717, 1.165) is 14.8 Å². The maximum absolute atomic E-state index is 5.90. The number of thiol groups is 1. The van der Waals surface area contributed by atoms with Crippen LogP contribution in [0.4, 0.5) is 0 Å². The number of hydrogen-bond acceptors (Lipinski definition) is 3. The standard InChI is InChI=1S/C9H5Cl2NS2/c10-6-2-1-5(3-7(6)11)8-4-12-9(13)14-8/h1-4H,(H,12,13). The van der Waals surface area contributed by atoms with E-state index >= 15 is 0 Å². The average Bonchev–Trinajstić information content (AvgIpc) is 2.57. The van der Waals surface area contributed by atoms with Gasteiger partial charge in [-0.3, -0.25) is 0 Å². The molecule has 1 nitrogen and oxygen atoms in total. The molecule has 0 N–H and O–H groups in total. The highest BCUT2D eigenvalue weighted by atomic mass is 35.5. The second kappa shape index (κ2) is 4.11. The van der Waals surface area contributed by atoms with Crippen molar-refractivity contribution in [2.45, 2.75) is 4.34 Å². The Morgan fingerprint density at radius 1 is 1.21 bits per heavy atom. The van der Waals surface area contributed by atoms with Crippen molar-refractivity contribution in [3.63, 3.8) is 0 Å². The summed E-state index contributed by atoms with van der Waals surface area (Å²) in [4.78, 5) is 5.09. The molecule has 0 spiro atoms. The van der Waals surface area contributed by atoms with Crippen LogP contribution in [0.3, 0.4) is 0 Å². The van der Waals surface area contributed by atoms with Crippen molar-refractivity contribution in [3.05, 3.63) is 34.4 Å². The van der Waals surface area contributed by atoms with Crippen LogP contribution in [0.15, 0.2) is 28.7 Å². The van der Waals surface area contributed by atoms with Gasteiger partial charge >= 0.3 is 0 Å². The molecule has 0 saturated carbocycles. The summed E-state index contributed by atoms with van der Waals surface area (Å²) in [5.41, 5.74) is 1.01. The van der Waals surface area contributed by atoms with E-state index in [-0.39, 0.29) is 0 Å². The SMILES string of the molecule is Sc1ncc(-c2ccc(Cl)c(Cl)c2)s1. The number of aromatic nitrogens is 1. The zero-order valence-electron chi connectivity index (χ0n) is 6.87. The van der Waals surface area contributed by atoms with Crippen molar-refractivity contribution < 1.29 is 0 Å². The number of hydrogen-bond donors (Lipinski definition) is 1. The van der Waals surface area contributed by atoms with E-state index in [2.05, 4.69) is 17.6 Å². The first-order chi connectivity index (χ1) is 6.66. The largest absolute Gasteiger partial charge is 0.238 e. The lowest BCUT2D eigenvalue weighted by Gasteiger charge is -1.98. The molecular weight excluding hydrogens is 257 g/mol. The van der Waals surface area contributed by atoms with Gasteiger partial charge < -0.3 is 0 Å². The van der Waals surface area contributed by atoms with Crippen LogP contribution < -0.4 is 0 Å². The molecule has 1 aromatic heterocycles. The Kier molecular flexibility index (Phi) is 3.02. The molecule has 0 aliphatic carbocycles. The van der Waals surface area contributed by atoms with Crippen molar-refractivity contribution in [1.29, 1.82) is 0 Å². The van der Waals surface area contributed by atoms with Gasteiger partial charge in [0.05, 0.1) is 14.9 Å². The second-order valence-electron chi connectivity index (χ2n) is 2.64. The fourth-order valence-corrected chi connectivity index (χ4v) is 2.35. The minimum atomic E-state index is 0.554. The molecule has 0 aliphatic rings. The molecule has 1 heterocycles. The predicted molar refractivity (Wildman–Crippen MR) is 64.8 cm³/mol. The molecule has 14 heavy (non-hydrogen) atoms. The van der Waals surface area contributed by atoms with Gasteiger partial charge in [0.2, 0.25) is 0 Å². The fraction of sp³-hybridized carbons (Fsp3) is 0. The minimum absolute atomic E-state index is 0.554. The summed E-state index contributed by atoms with van der Waals surface area (Å²) in [5, 5.41) is 1.12. The first-order valence-corrected chi connectivity index (χ1v) is 5.79. The Labute approximate surface area is 101 Å². The third-order valence-corrected chi connectivity index (χ3v) is 3.67. The lowest BCUT2D eigenvalue weighted by molar-refractivity contribution is 1.26. The molecule has 2 rings (SSSR count). The lowest BCUT2D eigenvalue weighted by atomic mass is 10.2. The van der Waals surface area contributed by atoms with Gasteiger partial charge in [0.25, 0.3) is 0 Å². The summed E-state index contributed by atoms with van der Waals surface area (Å²) in [6.45, 7) is 0. The van der Waals surface area contributed by atoms with Gasteiger partial charge in [-0.2, -0.15) is 0 Å². The normalized spacial score (nSPS) is 10.5. The van der Waals surface area contributed by atoms with E-state index in [1.54, 1.807) is 12.3 Å². The van der Waals surface area contributed by atoms with E-state index in [4.69, 9.17) is 23.2 Å². The highest BCUT2D eigenvalue weighted by Gasteiger charge is 2.04. The van der Waals surface area contributed by atoms with E-state index in [0.29, 0.717) is 10.0 Å². The van der Waals surface area contributed by atoms with Crippen molar-refractivity contribution in [2.24, 2.45) is 0 Å². The number of thiazole rings is 1. The summed E-state index contributed by atoms with van der Waals surface area (Å²) in [6.07, 6.45) is 1.77. The Bertz CT molecular complexity index is 468. The van der Waals surface area contributed by atoms with Gasteiger partial charge in [0.1, 0.15) is 4.34 Å². The molecule has 72 valence electrons. The highest BCUT2D eigenvalue weighted by molar-refractivity contribution is 7.82. The Morgan fingerprint density at radius 2 is 2.00 bits per heavy atom. The average molecular weight is 262 g/mol. The Balaban J connectivity index is 2.47. The summed E-state index contributed by atoms with van der Waals surface area (Å²) < 4.78 is 0.742. The summed E-state index contributed by atoms with van der Waals surface area (Å²) in [6, 6.07) is 5.51. The van der Waals surface area contributed by atoms with Crippen molar-refractivity contribution in [1.82, 2.24) is 4.98 Å². The van der Waals surface area contributed by atoms with Gasteiger partial charge in [-0.25, -0.2) is 4.98 Å². The number of halogens is 2. The van der Waals surface area contributed by atoms with E-state index < -0.39 is 0 Å². The molecule has 0 amide bonds. The van der Waals surface area contributed by atoms with Crippen LogP contribution >= 0.6 is 47.2 Å². The zero-order valence-corrected chi connectivity index (χ0v) is 10.1. The predicted octanol–water partition coefficient (Wildman–Crippen LogP) is 4.41. The second-order valence-corrected chi connectivity index (χ2v) is 5.21. The van der Waals surface area contributed by atoms with Crippen LogP contribution in [0.1, 0.15) is 0 Å². The van der Waals surface area contributed by atoms with Gasteiger partial charge in [-0.1, -0.05) is 29.3 Å². The summed E-state index contributed by atoms with van der Waals surface area (Å²) >= 11 is 17.4. The zero-order chi connectivity index (χ0) is 10.1. The molecule has 0 atom stereocenters. The van der Waals surface area contributed by atoms with E-state index in [1.807, 2.05) is 12.1 Å². The Hall–Kier alpha value is -0.220. The molecule has 0 saturated heterocycles. The summed E-state index contributed by atoms with van der Waals surface area (Å²) in [5.74, 6) is 0. The third-order valence-electron chi connectivity index (χ3n) is 1.70. The van der Waals surface area contributed by atoms with Crippen LogP contribution in [-0.4, -0.2) is 4.98 Å². The van der Waals surface area contributed by atoms with Gasteiger partial charge in [-0.15, -0.1) is 24.0 Å². The smallest absolute Gasteiger partial charge is 0.147 e. The van der Waals surface area contributed by atoms with Gasteiger partial charge in [-0.05, 0) is 17.7 Å². The van der Waals surface area contributed by atoms with Crippen molar-refractivity contribution in [3.8, 4) is 10.4 Å². The molecular formula is C9H5Cl2NS2. The molecule has 2 aromatic rings. The fourth-order valence-electron chi connectivity index (χ4n) is 1.05. The molecule has 0 aliphatic heterocycles. The molecule has 0 fully saturated rings. The van der Waals surface area contributed by atoms with Crippen LogP contribution in [0.5, 0.6) is 0 Å². The van der Waals surface area contributed by atoms with Crippen LogP contribution in [0.25, 0.3) is 10.4 Å². The highest BCUT2D eigenvalue weighted by Crippen LogP contribution is 2.32. The first kappa shape index (κ1) is 10.3. The van der Waals surface area contributed by atoms with Crippen LogP contribution in [0.2, 0.25) is 10.0 Å². The quantitative estimate of drug-likeness (QED) is 0.751. The lowest BCUT2D eigenvalue weighted by Crippen LogP contribution is -1.73. The molecule has 0 radical (unpaired) electrons. The molecule has 5 heteroatoms. The molecule has 0 bridgehead atoms.